The molecule has 3 rings (SSSR count). The van der Waals surface area contributed by atoms with E-state index in [0.717, 1.165) is 16.5 Å². The summed E-state index contributed by atoms with van der Waals surface area (Å²) in [5.74, 6) is -1.48. The van der Waals surface area contributed by atoms with Crippen molar-refractivity contribution in [2.45, 2.75) is 31.0 Å². The first-order valence-electron chi connectivity index (χ1n) is 7.54. The Hall–Kier alpha value is -2.38. The number of carbonyl (C=O) groups is 2. The number of H-pyrrole nitrogens is 1. The van der Waals surface area contributed by atoms with Gasteiger partial charge in [-0.1, -0.05) is 18.2 Å². The molecule has 1 aliphatic heterocycles. The molecule has 0 aliphatic carbocycles. The second-order valence-electron chi connectivity index (χ2n) is 5.81. The highest BCUT2D eigenvalue weighted by Gasteiger charge is 2.31. The second kappa shape index (κ2) is 6.39. The zero-order valence-electron chi connectivity index (χ0n) is 12.5. The maximum atomic E-state index is 12.1. The number of aromatic nitrogens is 1. The van der Waals surface area contributed by atoms with E-state index in [0.29, 0.717) is 13.0 Å². The van der Waals surface area contributed by atoms with E-state index in [4.69, 9.17) is 0 Å². The highest BCUT2D eigenvalue weighted by atomic mass is 16.4. The number of para-hydroxylation sites is 1. The maximum absolute atomic E-state index is 12.1. The van der Waals surface area contributed by atoms with Crippen molar-refractivity contribution in [2.24, 2.45) is 0 Å². The van der Waals surface area contributed by atoms with Crippen molar-refractivity contribution in [3.63, 3.8) is 0 Å². The lowest BCUT2D eigenvalue weighted by Crippen LogP contribution is -2.49. The highest BCUT2D eigenvalue weighted by Crippen LogP contribution is 2.19. The fraction of sp³-hybridized carbons (Fsp3) is 0.375. The number of fused-ring (bicyclic) bond motifs is 1. The topological polar surface area (TPSA) is 114 Å². The number of carbonyl (C=O) groups excluding carboxylic acids is 1. The smallest absolute Gasteiger partial charge is 0.326 e. The van der Waals surface area contributed by atoms with Gasteiger partial charge < -0.3 is 25.8 Å². The van der Waals surface area contributed by atoms with Crippen LogP contribution >= 0.6 is 0 Å². The van der Waals surface area contributed by atoms with Crippen molar-refractivity contribution >= 4 is 22.8 Å². The van der Waals surface area contributed by atoms with Gasteiger partial charge in [-0.05, 0) is 18.1 Å². The SMILES string of the molecule is O=C(O)[C@H](Cc1c[nH]c2ccccc12)NC(=O)[C@@H]1C[C@@H](O)CN1. The van der Waals surface area contributed by atoms with Crippen LogP contribution in [0.4, 0.5) is 0 Å². The summed E-state index contributed by atoms with van der Waals surface area (Å²) in [6.07, 6.45) is 1.69. The number of aliphatic carboxylic acids is 1. The van der Waals surface area contributed by atoms with E-state index < -0.39 is 30.1 Å². The molecule has 7 heteroatoms. The third-order valence-electron chi connectivity index (χ3n) is 4.14. The van der Waals surface area contributed by atoms with E-state index in [-0.39, 0.29) is 6.42 Å². The van der Waals surface area contributed by atoms with Crippen LogP contribution in [0.5, 0.6) is 0 Å². The van der Waals surface area contributed by atoms with Crippen molar-refractivity contribution in [1.29, 1.82) is 0 Å². The number of aliphatic hydroxyl groups excluding tert-OH is 1. The molecule has 1 aromatic carbocycles. The zero-order valence-corrected chi connectivity index (χ0v) is 12.5. The summed E-state index contributed by atoms with van der Waals surface area (Å²) in [5, 5.41) is 25.2. The molecule has 0 spiro atoms. The summed E-state index contributed by atoms with van der Waals surface area (Å²) in [5.41, 5.74) is 1.77. The molecule has 23 heavy (non-hydrogen) atoms. The predicted molar refractivity (Wildman–Crippen MR) is 84.0 cm³/mol. The highest BCUT2D eigenvalue weighted by molar-refractivity contribution is 5.88. The number of benzene rings is 1. The number of carboxylic acid groups (broad SMARTS) is 1. The Morgan fingerprint density at radius 1 is 1.35 bits per heavy atom. The van der Waals surface area contributed by atoms with E-state index in [1.54, 1.807) is 6.20 Å². The van der Waals surface area contributed by atoms with Gasteiger partial charge in [-0.3, -0.25) is 4.79 Å². The molecular formula is C16H19N3O4. The first-order valence-corrected chi connectivity index (χ1v) is 7.54. The molecule has 1 fully saturated rings. The number of hydrogen-bond acceptors (Lipinski definition) is 4. The quantitative estimate of drug-likeness (QED) is 0.533. The Balaban J connectivity index is 1.72. The standard InChI is InChI=1S/C16H19N3O4/c20-10-6-13(18-8-10)15(21)19-14(16(22)23)5-9-7-17-12-4-2-1-3-11(9)12/h1-4,7,10,13-14,17-18,20H,5-6,8H2,(H,19,21)(H,22,23)/t10-,13+,14+/m1/s1. The molecule has 1 saturated heterocycles. The van der Waals surface area contributed by atoms with Gasteiger partial charge >= 0.3 is 5.97 Å². The summed E-state index contributed by atoms with van der Waals surface area (Å²) in [4.78, 5) is 26.7. The molecule has 3 atom stereocenters. The van der Waals surface area contributed by atoms with Crippen LogP contribution in [0.1, 0.15) is 12.0 Å². The Morgan fingerprint density at radius 3 is 2.83 bits per heavy atom. The number of rotatable bonds is 5. The summed E-state index contributed by atoms with van der Waals surface area (Å²) < 4.78 is 0. The van der Waals surface area contributed by atoms with E-state index in [9.17, 15) is 19.8 Å². The van der Waals surface area contributed by atoms with Gasteiger partial charge in [-0.15, -0.1) is 0 Å². The monoisotopic (exact) mass is 317 g/mol. The summed E-state index contributed by atoms with van der Waals surface area (Å²) in [6.45, 7) is 0.346. The lowest BCUT2D eigenvalue weighted by Gasteiger charge is -2.17. The summed E-state index contributed by atoms with van der Waals surface area (Å²) in [6, 6.07) is 6.05. The van der Waals surface area contributed by atoms with Gasteiger partial charge in [0.1, 0.15) is 6.04 Å². The van der Waals surface area contributed by atoms with E-state index in [1.165, 1.54) is 0 Å². The van der Waals surface area contributed by atoms with Crippen LogP contribution in [0.15, 0.2) is 30.5 Å². The number of hydrogen-bond donors (Lipinski definition) is 5. The number of nitrogens with one attached hydrogen (secondary N) is 3. The molecule has 1 amide bonds. The van der Waals surface area contributed by atoms with Gasteiger partial charge in [0.2, 0.25) is 5.91 Å². The Bertz CT molecular complexity index is 727. The third-order valence-corrected chi connectivity index (χ3v) is 4.14. The molecule has 5 N–H and O–H groups in total. The minimum atomic E-state index is -1.08. The number of amides is 1. The van der Waals surface area contributed by atoms with Crippen LogP contribution in [0, 0.1) is 0 Å². The first kappa shape index (κ1) is 15.5. The lowest BCUT2D eigenvalue weighted by atomic mass is 10.0. The predicted octanol–water partition coefficient (Wildman–Crippen LogP) is 0.00260. The van der Waals surface area contributed by atoms with Crippen LogP contribution in [0.2, 0.25) is 0 Å². The van der Waals surface area contributed by atoms with Gasteiger partial charge in [0, 0.05) is 30.1 Å². The van der Waals surface area contributed by atoms with E-state index in [2.05, 4.69) is 15.6 Å². The van der Waals surface area contributed by atoms with Crippen molar-refractivity contribution in [3.05, 3.63) is 36.0 Å². The molecular weight excluding hydrogens is 298 g/mol. The Kier molecular flexibility index (Phi) is 4.31. The van der Waals surface area contributed by atoms with Crippen molar-refractivity contribution in [1.82, 2.24) is 15.6 Å². The largest absolute Gasteiger partial charge is 0.480 e. The van der Waals surface area contributed by atoms with Crippen molar-refractivity contribution in [2.75, 3.05) is 6.54 Å². The summed E-state index contributed by atoms with van der Waals surface area (Å²) >= 11 is 0. The second-order valence-corrected chi connectivity index (χ2v) is 5.81. The molecule has 7 nitrogen and oxygen atoms in total. The van der Waals surface area contributed by atoms with Gasteiger partial charge in [0.25, 0.3) is 0 Å². The Morgan fingerprint density at radius 2 is 2.13 bits per heavy atom. The molecule has 0 saturated carbocycles. The molecule has 0 bridgehead atoms. The Labute approximate surface area is 132 Å². The molecule has 0 unspecified atom stereocenters. The van der Waals surface area contributed by atoms with Crippen LogP contribution in [0.3, 0.4) is 0 Å². The molecule has 1 aliphatic rings. The fourth-order valence-corrected chi connectivity index (χ4v) is 2.91. The van der Waals surface area contributed by atoms with Crippen LogP contribution in [0.25, 0.3) is 10.9 Å². The molecule has 1 aromatic heterocycles. The molecule has 122 valence electrons. The van der Waals surface area contributed by atoms with Gasteiger partial charge in [-0.2, -0.15) is 0 Å². The molecule has 2 heterocycles. The number of β-amino-alcohol motifs (C(OH)–C–C–N with tert-alkyl or cyclic N) is 1. The normalized spacial score (nSPS) is 22.1. The molecule has 0 radical (unpaired) electrons. The van der Waals surface area contributed by atoms with E-state index >= 15 is 0 Å². The van der Waals surface area contributed by atoms with Crippen molar-refractivity contribution in [3.8, 4) is 0 Å². The number of aliphatic hydroxyl groups is 1. The van der Waals surface area contributed by atoms with E-state index in [1.807, 2.05) is 24.3 Å². The van der Waals surface area contributed by atoms with Gasteiger partial charge in [0.15, 0.2) is 0 Å². The van der Waals surface area contributed by atoms with Crippen LogP contribution in [-0.2, 0) is 16.0 Å². The average molecular weight is 317 g/mol. The average Bonchev–Trinajstić information content (AvgIpc) is 3.13. The minimum absolute atomic E-state index is 0.195. The van der Waals surface area contributed by atoms with Crippen molar-refractivity contribution < 1.29 is 19.8 Å². The number of aromatic amines is 1. The zero-order chi connectivity index (χ0) is 16.4. The third kappa shape index (κ3) is 3.35. The number of carboxylic acids is 1. The van der Waals surface area contributed by atoms with Gasteiger partial charge in [0.05, 0.1) is 12.1 Å². The van der Waals surface area contributed by atoms with Gasteiger partial charge in [-0.25, -0.2) is 4.79 Å². The molecule has 2 aromatic rings. The lowest BCUT2D eigenvalue weighted by molar-refractivity contribution is -0.142. The maximum Gasteiger partial charge on any atom is 0.326 e. The first-order chi connectivity index (χ1) is 11.0. The fourth-order valence-electron chi connectivity index (χ4n) is 2.91. The van der Waals surface area contributed by atoms with Crippen LogP contribution in [-0.4, -0.2) is 51.8 Å². The van der Waals surface area contributed by atoms with Crippen LogP contribution < -0.4 is 10.6 Å². The summed E-state index contributed by atoms with van der Waals surface area (Å²) in [7, 11) is 0. The minimum Gasteiger partial charge on any atom is -0.480 e.